The molecule has 0 unspecified atom stereocenters. The third-order valence-electron chi connectivity index (χ3n) is 7.07. The summed E-state index contributed by atoms with van der Waals surface area (Å²) in [4.78, 5) is 36.4. The van der Waals surface area contributed by atoms with Crippen LogP contribution in [0.3, 0.4) is 0 Å². The van der Waals surface area contributed by atoms with Crippen molar-refractivity contribution < 1.29 is 19.4 Å². The number of fused-ring (bicyclic) bond motifs is 1. The number of hydrogen-bond acceptors (Lipinski definition) is 7. The van der Waals surface area contributed by atoms with E-state index in [-0.39, 0.29) is 30.7 Å². The number of carbonyl (C=O) groups is 2. The van der Waals surface area contributed by atoms with Crippen LogP contribution in [0.4, 0.5) is 0 Å². The van der Waals surface area contributed by atoms with Crippen LogP contribution in [0, 0.1) is 0 Å². The highest BCUT2D eigenvalue weighted by Crippen LogP contribution is 2.39. The third-order valence-corrected chi connectivity index (χ3v) is 7.07. The Morgan fingerprint density at radius 1 is 1.26 bits per heavy atom. The topological polar surface area (TPSA) is 130 Å². The second-order valence-corrected chi connectivity index (χ2v) is 9.73. The molecule has 35 heavy (non-hydrogen) atoms. The highest BCUT2D eigenvalue weighted by molar-refractivity contribution is 5.99. The van der Waals surface area contributed by atoms with E-state index in [1.165, 1.54) is 11.1 Å². The van der Waals surface area contributed by atoms with E-state index in [0.717, 1.165) is 12.8 Å². The average Bonchev–Trinajstić information content (AvgIpc) is 2.84. The van der Waals surface area contributed by atoms with E-state index >= 15 is 0 Å². The molecule has 186 valence electrons. The summed E-state index contributed by atoms with van der Waals surface area (Å²) in [6, 6.07) is 9.90. The molecule has 0 fully saturated rings. The first-order valence-electron chi connectivity index (χ1n) is 12.0. The van der Waals surface area contributed by atoms with E-state index in [1.54, 1.807) is 26.0 Å². The molecule has 0 aliphatic carbocycles. The number of pyridine rings is 1. The maximum Gasteiger partial charge on any atom is 0.251 e. The molecular weight excluding hydrogens is 446 g/mol. The number of aromatic nitrogens is 1. The smallest absolute Gasteiger partial charge is 0.251 e. The quantitative estimate of drug-likeness (QED) is 0.584. The van der Waals surface area contributed by atoms with Gasteiger partial charge in [-0.3, -0.25) is 19.5 Å². The zero-order valence-electron chi connectivity index (χ0n) is 20.6. The molecule has 2 aromatic rings. The van der Waals surface area contributed by atoms with Crippen molar-refractivity contribution >= 4 is 17.8 Å². The van der Waals surface area contributed by atoms with Crippen molar-refractivity contribution in [1.82, 2.24) is 15.2 Å². The number of aliphatic hydroxyl groups excluding tert-OH is 1. The number of aliphatic imine (C=N–C) groups is 1. The third kappa shape index (κ3) is 4.73. The maximum absolute atomic E-state index is 13.2. The summed E-state index contributed by atoms with van der Waals surface area (Å²) in [7, 11) is 0. The molecule has 1 aromatic carbocycles. The van der Waals surface area contributed by atoms with Crippen molar-refractivity contribution in [2.75, 3.05) is 0 Å². The summed E-state index contributed by atoms with van der Waals surface area (Å²) >= 11 is 0. The number of benzene rings is 1. The Bertz CT molecular complexity index is 1160. The second-order valence-electron chi connectivity index (χ2n) is 9.73. The minimum Gasteiger partial charge on any atom is -0.485 e. The van der Waals surface area contributed by atoms with Crippen LogP contribution in [-0.4, -0.2) is 50.0 Å². The first-order chi connectivity index (χ1) is 16.6. The van der Waals surface area contributed by atoms with Gasteiger partial charge in [-0.2, -0.15) is 0 Å². The minimum absolute atomic E-state index is 0.109. The molecule has 2 amide bonds. The summed E-state index contributed by atoms with van der Waals surface area (Å²) in [6.07, 6.45) is 2.32. The lowest BCUT2D eigenvalue weighted by molar-refractivity contribution is -0.130. The standard InChI is InChI=1S/C26H33N5O4/c1-5-26(6-2)14-20(32)31(24(27)30-26)15-17-13-16(11-12-28-17)23(34)29-21-18-9-7-8-10-19(18)35-25(3,4)22(21)33/h7-13,21-22,33H,5-6,14-15H2,1-4H3,(H2,27,30)(H,29,34)/t21-,22+/m1/s1. The molecular formula is C26H33N5O4. The number of aliphatic hydroxyl groups is 1. The van der Waals surface area contributed by atoms with E-state index in [1.807, 2.05) is 38.1 Å². The maximum atomic E-state index is 13.2. The second kappa shape index (κ2) is 9.30. The van der Waals surface area contributed by atoms with Crippen LogP contribution >= 0.6 is 0 Å². The fraction of sp³-hybridized carbons (Fsp3) is 0.462. The molecule has 0 spiro atoms. The lowest BCUT2D eigenvalue weighted by Gasteiger charge is -2.42. The Kier molecular flexibility index (Phi) is 6.55. The number of nitrogens with zero attached hydrogens (tertiary/aromatic N) is 3. The number of guanidine groups is 1. The van der Waals surface area contributed by atoms with Crippen LogP contribution in [0.5, 0.6) is 5.75 Å². The van der Waals surface area contributed by atoms with Gasteiger partial charge in [0.2, 0.25) is 5.91 Å². The number of hydrogen-bond donors (Lipinski definition) is 3. The van der Waals surface area contributed by atoms with Crippen molar-refractivity contribution in [3.8, 4) is 5.75 Å². The van der Waals surface area contributed by atoms with Gasteiger partial charge in [0.25, 0.3) is 5.91 Å². The summed E-state index contributed by atoms with van der Waals surface area (Å²) < 4.78 is 5.93. The predicted octanol–water partition coefficient (Wildman–Crippen LogP) is 2.69. The van der Waals surface area contributed by atoms with Gasteiger partial charge in [0.05, 0.1) is 30.2 Å². The van der Waals surface area contributed by atoms with Crippen molar-refractivity contribution in [3.05, 3.63) is 59.4 Å². The van der Waals surface area contributed by atoms with Crippen molar-refractivity contribution in [2.24, 2.45) is 10.7 Å². The van der Waals surface area contributed by atoms with Crippen molar-refractivity contribution in [3.63, 3.8) is 0 Å². The lowest BCUT2D eigenvalue weighted by atomic mass is 9.86. The van der Waals surface area contributed by atoms with Crippen LogP contribution in [-0.2, 0) is 11.3 Å². The zero-order chi connectivity index (χ0) is 25.4. The van der Waals surface area contributed by atoms with Gasteiger partial charge in [-0.15, -0.1) is 0 Å². The largest absolute Gasteiger partial charge is 0.485 e. The molecule has 0 radical (unpaired) electrons. The van der Waals surface area contributed by atoms with Gasteiger partial charge in [-0.1, -0.05) is 32.0 Å². The molecule has 4 N–H and O–H groups in total. The number of ether oxygens (including phenoxy) is 1. The molecule has 0 saturated heterocycles. The summed E-state index contributed by atoms with van der Waals surface area (Å²) in [5.41, 5.74) is 6.40. The van der Waals surface area contributed by atoms with Crippen LogP contribution < -0.4 is 15.8 Å². The molecule has 9 heteroatoms. The number of rotatable bonds is 6. The molecule has 4 rings (SSSR count). The average molecular weight is 480 g/mol. The molecule has 1 aromatic heterocycles. The molecule has 0 saturated carbocycles. The zero-order valence-corrected chi connectivity index (χ0v) is 20.6. The predicted molar refractivity (Wildman–Crippen MR) is 132 cm³/mol. The SMILES string of the molecule is CCC1(CC)CC(=O)N(Cc2cc(C(=O)N[C@@H]3c4ccccc4OC(C)(C)[C@H]3O)ccn2)C(N)=N1. The van der Waals surface area contributed by atoms with E-state index in [9.17, 15) is 14.7 Å². The summed E-state index contributed by atoms with van der Waals surface area (Å²) in [6.45, 7) is 7.69. The number of carbonyl (C=O) groups excluding carboxylic acids is 2. The van der Waals surface area contributed by atoms with Crippen LogP contribution in [0.15, 0.2) is 47.6 Å². The van der Waals surface area contributed by atoms with Crippen molar-refractivity contribution in [2.45, 2.75) is 76.8 Å². The van der Waals surface area contributed by atoms with Gasteiger partial charge in [0, 0.05) is 17.3 Å². The number of nitrogens with one attached hydrogen (secondary N) is 1. The van der Waals surface area contributed by atoms with Crippen LogP contribution in [0.2, 0.25) is 0 Å². The fourth-order valence-electron chi connectivity index (χ4n) is 4.67. The van der Waals surface area contributed by atoms with Gasteiger partial charge in [0.15, 0.2) is 5.96 Å². The van der Waals surface area contributed by atoms with E-state index in [4.69, 9.17) is 10.5 Å². The van der Waals surface area contributed by atoms with Crippen LogP contribution in [0.25, 0.3) is 0 Å². The highest BCUT2D eigenvalue weighted by atomic mass is 16.5. The Morgan fingerprint density at radius 2 is 1.97 bits per heavy atom. The van der Waals surface area contributed by atoms with E-state index < -0.39 is 23.3 Å². The number of para-hydroxylation sites is 1. The molecule has 3 heterocycles. The highest BCUT2D eigenvalue weighted by Gasteiger charge is 2.43. The van der Waals surface area contributed by atoms with Crippen LogP contribution in [0.1, 0.15) is 74.6 Å². The van der Waals surface area contributed by atoms with Gasteiger partial charge in [-0.25, -0.2) is 4.99 Å². The normalized spacial score (nSPS) is 22.6. The Morgan fingerprint density at radius 3 is 2.66 bits per heavy atom. The van der Waals surface area contributed by atoms with Gasteiger partial charge < -0.3 is 20.9 Å². The monoisotopic (exact) mass is 479 g/mol. The van der Waals surface area contributed by atoms with E-state index in [0.29, 0.717) is 22.6 Å². The lowest BCUT2D eigenvalue weighted by Crippen LogP contribution is -2.53. The Balaban J connectivity index is 1.54. The first kappa shape index (κ1) is 24.7. The number of nitrogens with two attached hydrogens (primary N) is 1. The number of amides is 2. The molecule has 9 nitrogen and oxygen atoms in total. The fourth-order valence-corrected chi connectivity index (χ4v) is 4.67. The first-order valence-corrected chi connectivity index (χ1v) is 12.0. The van der Waals surface area contributed by atoms with Gasteiger partial charge >= 0.3 is 0 Å². The molecule has 0 bridgehead atoms. The molecule has 2 aliphatic rings. The van der Waals surface area contributed by atoms with E-state index in [2.05, 4.69) is 15.3 Å². The summed E-state index contributed by atoms with van der Waals surface area (Å²) in [5.74, 6) is 0.317. The van der Waals surface area contributed by atoms with Gasteiger partial charge in [-0.05, 0) is 44.9 Å². The molecule has 2 aliphatic heterocycles. The van der Waals surface area contributed by atoms with Gasteiger partial charge in [0.1, 0.15) is 17.5 Å². The molecule has 2 atom stereocenters. The Hall–Kier alpha value is -3.46. The minimum atomic E-state index is -0.956. The summed E-state index contributed by atoms with van der Waals surface area (Å²) in [5, 5.41) is 13.9. The van der Waals surface area contributed by atoms with Crippen molar-refractivity contribution in [1.29, 1.82) is 0 Å². The Labute approximate surface area is 205 Å².